The molecule has 82 valence electrons. The lowest BCUT2D eigenvalue weighted by Crippen LogP contribution is -2.30. The first-order valence-electron chi connectivity index (χ1n) is 3.68. The van der Waals surface area contributed by atoms with Crippen molar-refractivity contribution in [3.8, 4) is 0 Å². The van der Waals surface area contributed by atoms with Gasteiger partial charge in [-0.05, 0) is 6.92 Å². The number of hydrogen-bond acceptors (Lipinski definition) is 3. The van der Waals surface area contributed by atoms with E-state index < -0.39 is 29.7 Å². The minimum atomic E-state index is -4.66. The minimum absolute atomic E-state index is 0.0403. The lowest BCUT2D eigenvalue weighted by Gasteiger charge is -2.09. The lowest BCUT2D eigenvalue weighted by molar-refractivity contribution is -0.156. The number of hydrogen-bond donors (Lipinski definition) is 0. The number of esters is 1. The molecule has 0 radical (unpaired) electrons. The molecule has 3 nitrogen and oxygen atoms in total. The molecule has 0 saturated heterocycles. The molecule has 0 aromatic heterocycles. The van der Waals surface area contributed by atoms with E-state index in [0.29, 0.717) is 0 Å². The zero-order valence-electron chi connectivity index (χ0n) is 7.23. The molecule has 0 amide bonds. The van der Waals surface area contributed by atoms with Gasteiger partial charge in [-0.3, -0.25) is 4.79 Å². The third-order valence-electron chi connectivity index (χ3n) is 1.15. The zero-order valence-corrected chi connectivity index (χ0v) is 7.98. The van der Waals surface area contributed by atoms with Gasteiger partial charge in [-0.1, -0.05) is 0 Å². The Morgan fingerprint density at radius 2 is 1.93 bits per heavy atom. The van der Waals surface area contributed by atoms with Crippen molar-refractivity contribution in [3.63, 3.8) is 0 Å². The van der Waals surface area contributed by atoms with Crippen LogP contribution in [0.5, 0.6) is 0 Å². The molecule has 0 bridgehead atoms. The summed E-state index contributed by atoms with van der Waals surface area (Å²) in [5.41, 5.74) is 0. The molecule has 0 aliphatic rings. The van der Waals surface area contributed by atoms with Gasteiger partial charge in [0.25, 0.3) is 0 Å². The zero-order chi connectivity index (χ0) is 11.4. The van der Waals surface area contributed by atoms with Gasteiger partial charge in [0.2, 0.25) is 0 Å². The molecule has 7 heteroatoms. The molecular formula is C7H8ClF3O3. The predicted octanol–water partition coefficient (Wildman–Crippen LogP) is 1.68. The number of carbonyl (C=O) groups excluding carboxylic acids is 2. The van der Waals surface area contributed by atoms with Crippen LogP contribution < -0.4 is 0 Å². The smallest absolute Gasteiger partial charge is 0.395 e. The van der Waals surface area contributed by atoms with Crippen molar-refractivity contribution in [1.29, 1.82) is 0 Å². The molecule has 0 aliphatic heterocycles. The molecular weight excluding hydrogens is 225 g/mol. The monoisotopic (exact) mass is 232 g/mol. The summed E-state index contributed by atoms with van der Waals surface area (Å²) < 4.78 is 39.3. The van der Waals surface area contributed by atoms with Gasteiger partial charge in [0.05, 0.1) is 6.61 Å². The Morgan fingerprint density at radius 3 is 2.29 bits per heavy atom. The summed E-state index contributed by atoms with van der Waals surface area (Å²) in [7, 11) is 0. The summed E-state index contributed by atoms with van der Waals surface area (Å²) in [5, 5.41) is -1.88. The third-order valence-corrected chi connectivity index (χ3v) is 1.57. The highest BCUT2D eigenvalue weighted by Crippen LogP contribution is 2.21. The summed E-state index contributed by atoms with van der Waals surface area (Å²) in [5.74, 6) is -2.55. The molecule has 0 N–H and O–H groups in total. The average molecular weight is 233 g/mol. The van der Waals surface area contributed by atoms with Crippen LogP contribution in [0.25, 0.3) is 0 Å². The van der Waals surface area contributed by atoms with Crippen LogP contribution in [0.2, 0.25) is 0 Å². The third kappa shape index (κ3) is 5.06. The highest BCUT2D eigenvalue weighted by Gasteiger charge is 2.36. The first-order valence-corrected chi connectivity index (χ1v) is 4.11. The van der Waals surface area contributed by atoms with Crippen LogP contribution >= 0.6 is 11.6 Å². The minimum Gasteiger partial charge on any atom is -0.465 e. The first kappa shape index (κ1) is 13.2. The maximum Gasteiger partial charge on any atom is 0.395 e. The fourth-order valence-electron chi connectivity index (χ4n) is 0.634. The molecule has 0 aromatic rings. The standard InChI is InChI=1S/C7H8ClF3O3/c1-2-14-6(13)5(8)4(12)3-7(9,10)11/h5H,2-3H2,1H3. The second kappa shape index (κ2) is 5.19. The van der Waals surface area contributed by atoms with E-state index in [0.717, 1.165) is 0 Å². The summed E-state index contributed by atoms with van der Waals surface area (Å²) in [6, 6.07) is 0. The first-order chi connectivity index (χ1) is 6.28. The second-order valence-corrected chi connectivity index (χ2v) is 2.81. The van der Waals surface area contributed by atoms with Crippen LogP contribution in [-0.2, 0) is 14.3 Å². The molecule has 0 fully saturated rings. The van der Waals surface area contributed by atoms with Gasteiger partial charge in [-0.2, -0.15) is 13.2 Å². The quantitative estimate of drug-likeness (QED) is 0.421. The number of rotatable bonds is 4. The van der Waals surface area contributed by atoms with E-state index >= 15 is 0 Å². The largest absolute Gasteiger partial charge is 0.465 e. The fourth-order valence-corrected chi connectivity index (χ4v) is 0.774. The van der Waals surface area contributed by atoms with Crippen molar-refractivity contribution < 1.29 is 27.5 Å². The van der Waals surface area contributed by atoms with Gasteiger partial charge in [0.1, 0.15) is 6.42 Å². The van der Waals surface area contributed by atoms with Gasteiger partial charge in [0, 0.05) is 0 Å². The molecule has 14 heavy (non-hydrogen) atoms. The Bertz CT molecular complexity index is 227. The Kier molecular flexibility index (Phi) is 4.90. The molecule has 1 unspecified atom stereocenters. The normalized spacial score (nSPS) is 13.5. The highest BCUT2D eigenvalue weighted by molar-refractivity contribution is 6.41. The molecule has 0 aliphatic carbocycles. The SMILES string of the molecule is CCOC(=O)C(Cl)C(=O)CC(F)(F)F. The van der Waals surface area contributed by atoms with E-state index in [2.05, 4.69) is 4.74 Å². The summed E-state index contributed by atoms with van der Waals surface area (Å²) in [6.07, 6.45) is -6.38. The van der Waals surface area contributed by atoms with Crippen molar-refractivity contribution in [2.24, 2.45) is 0 Å². The number of ketones is 1. The number of alkyl halides is 4. The van der Waals surface area contributed by atoms with Gasteiger partial charge < -0.3 is 4.74 Å². The fraction of sp³-hybridized carbons (Fsp3) is 0.714. The Hall–Kier alpha value is -0.780. The number of ether oxygens (including phenoxy) is 1. The maximum atomic E-state index is 11.7. The molecule has 0 aromatic carbocycles. The van der Waals surface area contributed by atoms with Crippen LogP contribution in [0.15, 0.2) is 0 Å². The van der Waals surface area contributed by atoms with Crippen molar-refractivity contribution in [1.82, 2.24) is 0 Å². The summed E-state index contributed by atoms with van der Waals surface area (Å²) in [4.78, 5) is 21.5. The predicted molar refractivity (Wildman–Crippen MR) is 42.0 cm³/mol. The van der Waals surface area contributed by atoms with E-state index in [-0.39, 0.29) is 6.61 Å². The van der Waals surface area contributed by atoms with E-state index in [1.165, 1.54) is 6.92 Å². The van der Waals surface area contributed by atoms with Gasteiger partial charge in [-0.25, -0.2) is 4.79 Å². The number of carbonyl (C=O) groups is 2. The van der Waals surface area contributed by atoms with Crippen LogP contribution in [0.4, 0.5) is 13.2 Å². The molecule has 0 spiro atoms. The van der Waals surface area contributed by atoms with E-state index in [4.69, 9.17) is 11.6 Å². The van der Waals surface area contributed by atoms with Crippen LogP contribution in [0.1, 0.15) is 13.3 Å². The van der Waals surface area contributed by atoms with Crippen molar-refractivity contribution in [2.45, 2.75) is 24.9 Å². The van der Waals surface area contributed by atoms with Gasteiger partial charge in [0.15, 0.2) is 11.2 Å². The van der Waals surface area contributed by atoms with Crippen molar-refractivity contribution in [3.05, 3.63) is 0 Å². The highest BCUT2D eigenvalue weighted by atomic mass is 35.5. The molecule has 1 atom stereocenters. The number of halogens is 4. The Balaban J connectivity index is 4.19. The number of Topliss-reactive ketones (excluding diaryl/α,β-unsaturated/α-hetero) is 1. The lowest BCUT2D eigenvalue weighted by atomic mass is 10.2. The molecule has 0 rings (SSSR count). The van der Waals surface area contributed by atoms with Gasteiger partial charge >= 0.3 is 12.1 Å². The van der Waals surface area contributed by atoms with Crippen molar-refractivity contribution >= 4 is 23.4 Å². The second-order valence-electron chi connectivity index (χ2n) is 2.37. The van der Waals surface area contributed by atoms with E-state index in [1.807, 2.05) is 0 Å². The molecule has 0 saturated carbocycles. The van der Waals surface area contributed by atoms with Crippen molar-refractivity contribution in [2.75, 3.05) is 6.61 Å². The van der Waals surface area contributed by atoms with Crippen LogP contribution in [-0.4, -0.2) is 29.9 Å². The van der Waals surface area contributed by atoms with E-state index in [1.54, 1.807) is 0 Å². The Labute approximate surface area is 83.2 Å². The van der Waals surface area contributed by atoms with Gasteiger partial charge in [-0.15, -0.1) is 11.6 Å². The maximum absolute atomic E-state index is 11.7. The topological polar surface area (TPSA) is 43.4 Å². The van der Waals surface area contributed by atoms with Crippen LogP contribution in [0.3, 0.4) is 0 Å². The summed E-state index contributed by atoms with van der Waals surface area (Å²) >= 11 is 5.14. The summed E-state index contributed by atoms with van der Waals surface area (Å²) in [6.45, 7) is 1.41. The van der Waals surface area contributed by atoms with Crippen LogP contribution in [0, 0.1) is 0 Å². The Morgan fingerprint density at radius 1 is 1.43 bits per heavy atom. The molecule has 0 heterocycles. The average Bonchev–Trinajstić information content (AvgIpc) is 2.00. The van der Waals surface area contributed by atoms with E-state index in [9.17, 15) is 22.8 Å².